The van der Waals surface area contributed by atoms with Crippen molar-refractivity contribution in [1.82, 2.24) is 21.3 Å². The normalized spacial score (nSPS) is 49.7. The zero-order valence-corrected chi connectivity index (χ0v) is 65.7. The number of carbonyl (C=O) groups excluding carboxylic acids is 4. The molecule has 122 heavy (non-hydrogen) atoms. The molecule has 10 aliphatic rings. The van der Waals surface area contributed by atoms with Gasteiger partial charge in [-0.3, -0.25) is 19.2 Å². The summed E-state index contributed by atoms with van der Waals surface area (Å²) in [6, 6.07) is -7.72. The standard InChI is InChI=1S/C68H114N4O50/c1-15-33(84)43(94)48(99)63(106-15)104-13-27-38(89)55(32(59(103)107-27)72-19(5)83)119-60-29(69-16(2)80)40(91)54(26(12-79)112-60)118-66-51(102)56(120-68-58(47(98)37(88)23(9-76)111-68)122-62-31(71-18(4)82)42(93)53(25(11-78)114-62)117-65-50(101)45(96)35(86)21(7-74)109-65)39(90)28(115-66)14-105-67-57(46(97)36(87)22(8-75)110-67)121-61-30(70-17(3)81)41(92)52(24(10-77)113-61)116-64-49(100)44(95)34(85)20(6-73)108-64/h15,20-68,73-79,84-103H,6-14H2,1-5H3,(H,69,80)(H,70,81)(H,71,82)(H,72,83)/t15-,20+,21+,22+,23+,24+,25+,26+,27+,28+,29+,30+,31+,32+,33+,34-,35-,36+,37+,38+,39+,40+,41+,42+,43+,44-,45-,46-,47-,48-,49+,50+,51-,52+,53+,54+,55+,56-,57-,58-,59?,60-,61-,62-,63+,64-,65-,66-,67-,68+/m0/s1. The van der Waals surface area contributed by atoms with Crippen LogP contribution in [0.3, 0.4) is 0 Å². The molecular formula is C68H114N4O50. The Morgan fingerprint density at radius 2 is 0.500 bits per heavy atom. The number of nitrogens with one attached hydrogen (secondary N) is 4. The van der Waals surface area contributed by atoms with Crippen LogP contribution in [0.1, 0.15) is 34.6 Å². The van der Waals surface area contributed by atoms with Crippen LogP contribution in [0.5, 0.6) is 0 Å². The third-order valence-corrected chi connectivity index (χ3v) is 22.4. The molecule has 10 fully saturated rings. The Morgan fingerprint density at radius 1 is 0.230 bits per heavy atom. The molecule has 0 aromatic carbocycles. The van der Waals surface area contributed by atoms with Gasteiger partial charge in [0.05, 0.1) is 65.6 Å². The number of ether oxygens (including phenoxy) is 19. The lowest BCUT2D eigenvalue weighted by Gasteiger charge is -2.51. The summed E-state index contributed by atoms with van der Waals surface area (Å²) in [7, 11) is 0. The van der Waals surface area contributed by atoms with Crippen LogP contribution in [0.4, 0.5) is 0 Å². The maximum atomic E-state index is 13.2. The monoisotopic (exact) mass is 1790 g/mol. The quantitative estimate of drug-likeness (QED) is 0.0306. The first kappa shape index (κ1) is 100. The van der Waals surface area contributed by atoms with E-state index < -0.39 is 390 Å². The maximum absolute atomic E-state index is 13.2. The Labute approximate surface area is 691 Å². The fourth-order valence-corrected chi connectivity index (χ4v) is 15.8. The van der Waals surface area contributed by atoms with E-state index in [1.54, 1.807) is 0 Å². The summed E-state index contributed by atoms with van der Waals surface area (Å²) in [5, 5.41) is 310. The third-order valence-electron chi connectivity index (χ3n) is 22.4. The first-order valence-corrected chi connectivity index (χ1v) is 39.0. The van der Waals surface area contributed by atoms with Crippen molar-refractivity contribution >= 4 is 23.6 Å². The van der Waals surface area contributed by atoms with Gasteiger partial charge in [-0.2, -0.15) is 0 Å². The Bertz CT molecular complexity index is 3290. The predicted molar refractivity (Wildman–Crippen MR) is 375 cm³/mol. The molecule has 10 heterocycles. The van der Waals surface area contributed by atoms with Crippen molar-refractivity contribution in [2.45, 2.75) is 341 Å². The van der Waals surface area contributed by atoms with Gasteiger partial charge >= 0.3 is 0 Å². The number of hydrogen-bond donors (Lipinski definition) is 31. The number of amides is 4. The minimum absolute atomic E-state index is 0.819. The fourth-order valence-electron chi connectivity index (χ4n) is 15.8. The van der Waals surface area contributed by atoms with Crippen LogP contribution in [0, 0.1) is 0 Å². The molecule has 0 bridgehead atoms. The average molecular weight is 1790 g/mol. The molecule has 0 aromatic heterocycles. The van der Waals surface area contributed by atoms with Crippen molar-refractivity contribution < 1.29 is 247 Å². The van der Waals surface area contributed by atoms with Gasteiger partial charge in [0.25, 0.3) is 0 Å². The van der Waals surface area contributed by atoms with E-state index in [4.69, 9.17) is 90.0 Å². The Kier molecular flexibility index (Phi) is 35.8. The van der Waals surface area contributed by atoms with Gasteiger partial charge in [0.2, 0.25) is 23.6 Å². The van der Waals surface area contributed by atoms with E-state index in [0.29, 0.717) is 0 Å². The highest BCUT2D eigenvalue weighted by Gasteiger charge is 2.62. The molecule has 10 rings (SSSR count). The first-order chi connectivity index (χ1) is 57.7. The minimum atomic E-state index is -2.62. The van der Waals surface area contributed by atoms with Crippen LogP contribution in [0.25, 0.3) is 0 Å². The Morgan fingerprint density at radius 3 is 0.885 bits per heavy atom. The average Bonchev–Trinajstić information content (AvgIpc) is 0.764. The largest absolute Gasteiger partial charge is 0.394 e. The van der Waals surface area contributed by atoms with Gasteiger partial charge in [0, 0.05) is 27.7 Å². The summed E-state index contributed by atoms with van der Waals surface area (Å²) in [4.78, 5) is 51.9. The van der Waals surface area contributed by atoms with Gasteiger partial charge < -0.3 is 249 Å². The summed E-state index contributed by atoms with van der Waals surface area (Å²) in [5.74, 6) is -3.79. The van der Waals surface area contributed by atoms with E-state index in [9.17, 15) is 157 Å². The molecule has 50 atom stereocenters. The van der Waals surface area contributed by atoms with Crippen molar-refractivity contribution in [3.63, 3.8) is 0 Å². The van der Waals surface area contributed by atoms with Crippen molar-refractivity contribution in [3.8, 4) is 0 Å². The van der Waals surface area contributed by atoms with Crippen LogP contribution in [-0.2, 0) is 109 Å². The van der Waals surface area contributed by atoms with Crippen LogP contribution in [0.15, 0.2) is 0 Å². The van der Waals surface area contributed by atoms with E-state index in [-0.39, 0.29) is 0 Å². The van der Waals surface area contributed by atoms with E-state index in [0.717, 1.165) is 27.7 Å². The van der Waals surface area contributed by atoms with E-state index in [2.05, 4.69) is 21.3 Å². The zero-order valence-electron chi connectivity index (χ0n) is 65.7. The molecule has 4 amide bonds. The molecule has 31 N–H and O–H groups in total. The van der Waals surface area contributed by atoms with E-state index >= 15 is 0 Å². The van der Waals surface area contributed by atoms with Gasteiger partial charge in [0.15, 0.2) is 62.9 Å². The summed E-state index contributed by atoms with van der Waals surface area (Å²) in [5.41, 5.74) is 0. The first-order valence-electron chi connectivity index (χ1n) is 39.0. The highest BCUT2D eigenvalue weighted by atomic mass is 16.8. The van der Waals surface area contributed by atoms with Crippen molar-refractivity contribution in [2.75, 3.05) is 59.5 Å². The minimum Gasteiger partial charge on any atom is -0.394 e. The third kappa shape index (κ3) is 22.0. The second-order valence-electron chi connectivity index (χ2n) is 31.0. The lowest BCUT2D eigenvalue weighted by atomic mass is 9.93. The number of hydrogen-bond acceptors (Lipinski definition) is 50. The molecule has 0 aromatic rings. The molecular weight excluding hydrogens is 1670 g/mol. The Balaban J connectivity index is 0.978. The van der Waals surface area contributed by atoms with Gasteiger partial charge in [0.1, 0.15) is 238 Å². The predicted octanol–water partition coefficient (Wildman–Crippen LogP) is -21.2. The van der Waals surface area contributed by atoms with Crippen LogP contribution in [0.2, 0.25) is 0 Å². The van der Waals surface area contributed by atoms with E-state index in [1.807, 2.05) is 0 Å². The Hall–Kier alpha value is -3.96. The molecule has 1 unspecified atom stereocenters. The second-order valence-corrected chi connectivity index (χ2v) is 31.0. The van der Waals surface area contributed by atoms with Crippen molar-refractivity contribution in [1.29, 1.82) is 0 Å². The summed E-state index contributed by atoms with van der Waals surface area (Å²) in [6.07, 6.45) is -95.0. The SMILES string of the molecule is CC(=O)N[C@H]1[C@H](O[C@H]2[C@H](O)[C@@H](CO[C@@H]3O[C@@H](C)[C@@H](O)[C@@H](O)[C@@H]3O)OC(O)[C@@H]2NC(C)=O)O[C@H](CO)[C@@H](O[C@@H]2O[C@H](CO[C@H]3O[C@H](CO)[C@@H](O)[C@H](O)[C@@H]3O[C@@H]3O[C@H](CO)[C@@H](O[C@@H]4O[C@H](CO)[C@H](O)[C@H](O)[C@H]4O)[C@H](O)[C@H]3NC(C)=O)[C@@H](O)[C@H](O[C@H]3O[C@H](CO)[C@@H](O)[C@H](O)[C@@H]3O[C@@H]3O[C@H](CO)[C@@H](O[C@@H]4O[C@H](CO)[C@H](O)[C@H](O)[C@H]4O)[C@H](O)[C@H]3NC(C)=O)[C@@H]2O)[C@@H]1O. The fraction of sp³-hybridized carbons (Fsp3) is 0.941. The molecule has 0 aliphatic carbocycles. The number of aliphatic hydroxyl groups excluding tert-OH is 27. The van der Waals surface area contributed by atoms with Gasteiger partial charge in [-0.25, -0.2) is 0 Å². The number of rotatable bonds is 31. The molecule has 0 spiro atoms. The molecule has 10 saturated heterocycles. The second kappa shape index (κ2) is 43.6. The van der Waals surface area contributed by atoms with Crippen molar-refractivity contribution in [3.05, 3.63) is 0 Å². The molecule has 10 aliphatic heterocycles. The topological polar surface area (TPSA) is 838 Å². The highest BCUT2D eigenvalue weighted by molar-refractivity contribution is 5.74. The maximum Gasteiger partial charge on any atom is 0.217 e. The van der Waals surface area contributed by atoms with Gasteiger partial charge in [-0.1, -0.05) is 0 Å². The molecule has 54 heteroatoms. The number of aliphatic hydroxyl groups is 27. The lowest BCUT2D eigenvalue weighted by Crippen LogP contribution is -2.71. The van der Waals surface area contributed by atoms with Crippen molar-refractivity contribution in [2.24, 2.45) is 0 Å². The van der Waals surface area contributed by atoms with Crippen LogP contribution < -0.4 is 21.3 Å². The smallest absolute Gasteiger partial charge is 0.217 e. The van der Waals surface area contributed by atoms with Gasteiger partial charge in [-0.15, -0.1) is 0 Å². The summed E-state index contributed by atoms with van der Waals surface area (Å²) in [6.45, 7) is -4.79. The molecule has 54 nitrogen and oxygen atoms in total. The summed E-state index contributed by atoms with van der Waals surface area (Å²) >= 11 is 0. The van der Waals surface area contributed by atoms with E-state index in [1.165, 1.54) is 6.92 Å². The zero-order chi connectivity index (χ0) is 89.8. The molecule has 0 radical (unpaired) electrons. The van der Waals surface area contributed by atoms with Crippen LogP contribution >= 0.6 is 0 Å². The summed E-state index contributed by atoms with van der Waals surface area (Å²) < 4.78 is 112. The van der Waals surface area contributed by atoms with Gasteiger partial charge in [-0.05, 0) is 6.92 Å². The molecule has 0 saturated carbocycles. The lowest BCUT2D eigenvalue weighted by molar-refractivity contribution is -0.399. The van der Waals surface area contributed by atoms with Crippen LogP contribution in [-0.4, -0.2) is 528 Å². The number of carbonyl (C=O) groups is 4. The highest BCUT2D eigenvalue weighted by Crippen LogP contribution is 2.41. The molecule has 706 valence electrons.